The molecule has 2 aromatic carbocycles. The zero-order valence-corrected chi connectivity index (χ0v) is 12.7. The first-order valence-electron chi connectivity index (χ1n) is 7.40. The second-order valence-corrected chi connectivity index (χ2v) is 5.46. The van der Waals surface area contributed by atoms with E-state index in [0.717, 1.165) is 28.9 Å². The van der Waals surface area contributed by atoms with E-state index < -0.39 is 0 Å². The minimum absolute atomic E-state index is 0.537. The molecule has 0 unspecified atom stereocenters. The molecule has 0 radical (unpaired) electrons. The lowest BCUT2D eigenvalue weighted by Crippen LogP contribution is -1.98. The van der Waals surface area contributed by atoms with Crippen molar-refractivity contribution in [3.05, 3.63) is 83.3 Å². The van der Waals surface area contributed by atoms with Crippen molar-refractivity contribution in [1.29, 1.82) is 0 Å². The van der Waals surface area contributed by atoms with Gasteiger partial charge in [0.05, 0.1) is 5.69 Å². The molecule has 0 fully saturated rings. The van der Waals surface area contributed by atoms with Gasteiger partial charge in [0, 0.05) is 24.2 Å². The Hall–Kier alpha value is -2.52. The number of hydrogen-bond acceptors (Lipinski definition) is 3. The second kappa shape index (κ2) is 6.50. The van der Waals surface area contributed by atoms with Gasteiger partial charge in [-0.25, -0.2) is 9.97 Å². The minimum atomic E-state index is 0.537. The van der Waals surface area contributed by atoms with Crippen molar-refractivity contribution in [2.75, 3.05) is 0 Å². The lowest BCUT2D eigenvalue weighted by atomic mass is 10.0. The Labute approximate surface area is 130 Å². The third kappa shape index (κ3) is 3.38. The number of rotatable bonds is 4. The van der Waals surface area contributed by atoms with Crippen molar-refractivity contribution in [3.63, 3.8) is 0 Å². The molecule has 22 heavy (non-hydrogen) atoms. The molecule has 3 rings (SSSR count). The summed E-state index contributed by atoms with van der Waals surface area (Å²) in [4.78, 5) is 8.79. The third-order valence-electron chi connectivity index (χ3n) is 3.65. The van der Waals surface area contributed by atoms with E-state index in [1.54, 1.807) is 6.33 Å². The molecule has 0 saturated heterocycles. The van der Waals surface area contributed by atoms with Crippen molar-refractivity contribution in [1.82, 2.24) is 9.97 Å². The van der Waals surface area contributed by atoms with Crippen LogP contribution in [0.4, 0.5) is 0 Å². The van der Waals surface area contributed by atoms with E-state index in [0.29, 0.717) is 6.54 Å². The summed E-state index contributed by atoms with van der Waals surface area (Å²) in [6.45, 7) is 2.64. The smallest absolute Gasteiger partial charge is 0.116 e. The Balaban J connectivity index is 1.89. The van der Waals surface area contributed by atoms with Crippen LogP contribution in [0.15, 0.2) is 60.9 Å². The first kappa shape index (κ1) is 14.4. The van der Waals surface area contributed by atoms with E-state index in [1.807, 2.05) is 12.1 Å². The predicted octanol–water partition coefficient (Wildman–Crippen LogP) is 3.50. The van der Waals surface area contributed by atoms with Crippen LogP contribution < -0.4 is 5.73 Å². The molecule has 2 N–H and O–H groups in total. The van der Waals surface area contributed by atoms with Gasteiger partial charge in [-0.3, -0.25) is 0 Å². The molecule has 0 aliphatic heterocycles. The summed E-state index contributed by atoms with van der Waals surface area (Å²) >= 11 is 0. The van der Waals surface area contributed by atoms with E-state index in [4.69, 9.17) is 5.73 Å². The topological polar surface area (TPSA) is 51.8 Å². The van der Waals surface area contributed by atoms with Gasteiger partial charge >= 0.3 is 0 Å². The van der Waals surface area contributed by atoms with Gasteiger partial charge in [-0.15, -0.1) is 0 Å². The summed E-state index contributed by atoms with van der Waals surface area (Å²) in [5.74, 6) is 0. The Morgan fingerprint density at radius 2 is 1.73 bits per heavy atom. The Kier molecular flexibility index (Phi) is 4.26. The summed E-state index contributed by atoms with van der Waals surface area (Å²) in [5.41, 5.74) is 12.4. The van der Waals surface area contributed by atoms with E-state index in [1.165, 1.54) is 11.1 Å². The van der Waals surface area contributed by atoms with Crippen LogP contribution >= 0.6 is 0 Å². The molecule has 3 aromatic rings. The molecule has 3 heteroatoms. The molecule has 0 saturated carbocycles. The lowest BCUT2D eigenvalue weighted by molar-refractivity contribution is 1.03. The Bertz CT molecular complexity index is 781. The van der Waals surface area contributed by atoms with Crippen molar-refractivity contribution in [2.45, 2.75) is 19.9 Å². The van der Waals surface area contributed by atoms with Crippen LogP contribution in [0.2, 0.25) is 0 Å². The molecule has 0 atom stereocenters. The summed E-state index contributed by atoms with van der Waals surface area (Å²) in [6, 6.07) is 18.7. The number of benzene rings is 2. The minimum Gasteiger partial charge on any atom is -0.326 e. The fourth-order valence-corrected chi connectivity index (χ4v) is 2.54. The molecular formula is C19H19N3. The predicted molar refractivity (Wildman–Crippen MR) is 89.3 cm³/mol. The normalized spacial score (nSPS) is 10.6. The van der Waals surface area contributed by atoms with Crippen LogP contribution in [0.3, 0.4) is 0 Å². The first-order valence-corrected chi connectivity index (χ1v) is 7.40. The number of aryl methyl sites for hydroxylation is 1. The van der Waals surface area contributed by atoms with E-state index in [2.05, 4.69) is 59.4 Å². The maximum absolute atomic E-state index is 5.71. The maximum Gasteiger partial charge on any atom is 0.116 e. The summed E-state index contributed by atoms with van der Waals surface area (Å²) in [6.07, 6.45) is 2.45. The van der Waals surface area contributed by atoms with Crippen LogP contribution in [0.25, 0.3) is 11.3 Å². The number of hydrogen-bond donors (Lipinski definition) is 1. The van der Waals surface area contributed by atoms with Crippen LogP contribution in [-0.2, 0) is 13.0 Å². The van der Waals surface area contributed by atoms with Gasteiger partial charge in [0.2, 0.25) is 0 Å². The fourth-order valence-electron chi connectivity index (χ4n) is 2.54. The van der Waals surface area contributed by atoms with Crippen LogP contribution in [0, 0.1) is 6.92 Å². The average molecular weight is 289 g/mol. The fraction of sp³-hybridized carbons (Fsp3) is 0.158. The average Bonchev–Trinajstić information content (AvgIpc) is 2.55. The molecule has 110 valence electrons. The Morgan fingerprint density at radius 3 is 2.55 bits per heavy atom. The van der Waals surface area contributed by atoms with E-state index >= 15 is 0 Å². The zero-order chi connectivity index (χ0) is 15.4. The molecule has 0 spiro atoms. The highest BCUT2D eigenvalue weighted by Gasteiger charge is 2.04. The maximum atomic E-state index is 5.71. The van der Waals surface area contributed by atoms with Crippen molar-refractivity contribution >= 4 is 0 Å². The third-order valence-corrected chi connectivity index (χ3v) is 3.65. The number of nitrogens with two attached hydrogens (primary N) is 1. The van der Waals surface area contributed by atoms with Crippen molar-refractivity contribution in [3.8, 4) is 11.3 Å². The van der Waals surface area contributed by atoms with Crippen molar-refractivity contribution in [2.24, 2.45) is 5.73 Å². The molecule has 0 amide bonds. The summed E-state index contributed by atoms with van der Waals surface area (Å²) in [5, 5.41) is 0. The lowest BCUT2D eigenvalue weighted by Gasteiger charge is -2.06. The Morgan fingerprint density at radius 1 is 0.909 bits per heavy atom. The second-order valence-electron chi connectivity index (χ2n) is 5.46. The number of aromatic nitrogens is 2. The quantitative estimate of drug-likeness (QED) is 0.799. The van der Waals surface area contributed by atoms with Crippen LogP contribution in [-0.4, -0.2) is 9.97 Å². The molecule has 0 aliphatic rings. The van der Waals surface area contributed by atoms with Gasteiger partial charge in [0.25, 0.3) is 0 Å². The van der Waals surface area contributed by atoms with Crippen LogP contribution in [0.1, 0.15) is 22.4 Å². The van der Waals surface area contributed by atoms with E-state index in [-0.39, 0.29) is 0 Å². The standard InChI is InChI=1S/C19H19N3/c1-14-4-2-5-15(8-14)10-18-11-19(22-13-21-18)17-7-3-6-16(9-17)12-20/h2-9,11,13H,10,12,20H2,1H3. The van der Waals surface area contributed by atoms with E-state index in [9.17, 15) is 0 Å². The van der Waals surface area contributed by atoms with Gasteiger partial charge < -0.3 is 5.73 Å². The number of nitrogens with zero attached hydrogens (tertiary/aromatic N) is 2. The highest BCUT2D eigenvalue weighted by molar-refractivity contribution is 5.60. The molecule has 3 nitrogen and oxygen atoms in total. The van der Waals surface area contributed by atoms with Crippen molar-refractivity contribution < 1.29 is 0 Å². The summed E-state index contributed by atoms with van der Waals surface area (Å²) in [7, 11) is 0. The molecular weight excluding hydrogens is 270 g/mol. The monoisotopic (exact) mass is 289 g/mol. The zero-order valence-electron chi connectivity index (χ0n) is 12.7. The SMILES string of the molecule is Cc1cccc(Cc2cc(-c3cccc(CN)c3)ncn2)c1. The highest BCUT2D eigenvalue weighted by atomic mass is 14.8. The largest absolute Gasteiger partial charge is 0.326 e. The molecule has 1 heterocycles. The molecule has 1 aromatic heterocycles. The molecule has 0 aliphatic carbocycles. The molecule has 0 bridgehead atoms. The van der Waals surface area contributed by atoms with Gasteiger partial charge in [-0.2, -0.15) is 0 Å². The first-order chi connectivity index (χ1) is 10.7. The van der Waals surface area contributed by atoms with Gasteiger partial charge in [0.1, 0.15) is 6.33 Å². The highest BCUT2D eigenvalue weighted by Crippen LogP contribution is 2.19. The van der Waals surface area contributed by atoms with Gasteiger partial charge in [-0.1, -0.05) is 48.0 Å². The van der Waals surface area contributed by atoms with Gasteiger partial charge in [-0.05, 0) is 30.2 Å². The summed E-state index contributed by atoms with van der Waals surface area (Å²) < 4.78 is 0. The van der Waals surface area contributed by atoms with Gasteiger partial charge in [0.15, 0.2) is 0 Å². The van der Waals surface area contributed by atoms with Crippen LogP contribution in [0.5, 0.6) is 0 Å².